The highest BCUT2D eigenvalue weighted by Gasteiger charge is 2.39. The maximum absolute atomic E-state index is 12.8. The highest BCUT2D eigenvalue weighted by Crippen LogP contribution is 2.43. The topological polar surface area (TPSA) is 90.7 Å². The van der Waals surface area contributed by atoms with Crippen LogP contribution in [0.1, 0.15) is 42.1 Å². The van der Waals surface area contributed by atoms with Gasteiger partial charge in [-0.15, -0.1) is 0 Å². The van der Waals surface area contributed by atoms with Gasteiger partial charge in [-0.05, 0) is 25.3 Å². The first kappa shape index (κ1) is 19.7. The van der Waals surface area contributed by atoms with Gasteiger partial charge in [-0.3, -0.25) is 14.9 Å². The third-order valence-electron chi connectivity index (χ3n) is 5.31. The second-order valence-corrected chi connectivity index (χ2v) is 6.89. The van der Waals surface area contributed by atoms with Crippen molar-refractivity contribution in [1.82, 2.24) is 5.32 Å². The van der Waals surface area contributed by atoms with Crippen molar-refractivity contribution in [1.29, 1.82) is 0 Å². The Balaban J connectivity index is 1.84. The van der Waals surface area contributed by atoms with Crippen LogP contribution >= 0.6 is 0 Å². The van der Waals surface area contributed by atoms with Gasteiger partial charge in [0.2, 0.25) is 0 Å². The molecule has 7 nitrogen and oxygen atoms in total. The fourth-order valence-corrected chi connectivity index (χ4v) is 3.62. The molecule has 0 atom stereocenters. The van der Waals surface area contributed by atoms with Gasteiger partial charge in [0.05, 0.1) is 24.7 Å². The van der Waals surface area contributed by atoms with Crippen LogP contribution in [-0.4, -0.2) is 31.1 Å². The number of nitrogens with zero attached hydrogens (tertiary/aromatic N) is 1. The van der Waals surface area contributed by atoms with E-state index < -0.39 is 10.8 Å². The molecule has 2 aromatic carbocycles. The Labute approximate surface area is 163 Å². The fourth-order valence-electron chi connectivity index (χ4n) is 3.62. The molecule has 2 aromatic rings. The molecular formula is C21H24N2O5. The molecule has 1 N–H and O–H groups in total. The zero-order valence-corrected chi connectivity index (χ0v) is 16.1. The van der Waals surface area contributed by atoms with Gasteiger partial charge in [0, 0.05) is 18.0 Å². The van der Waals surface area contributed by atoms with E-state index in [-0.39, 0.29) is 22.4 Å². The number of carbonyl (C=O) groups excluding carboxylic acids is 1. The summed E-state index contributed by atoms with van der Waals surface area (Å²) >= 11 is 0. The third-order valence-corrected chi connectivity index (χ3v) is 5.31. The second-order valence-electron chi connectivity index (χ2n) is 6.89. The zero-order valence-electron chi connectivity index (χ0n) is 16.1. The van der Waals surface area contributed by atoms with Gasteiger partial charge in [0.25, 0.3) is 11.6 Å². The van der Waals surface area contributed by atoms with Crippen molar-refractivity contribution in [2.45, 2.75) is 31.6 Å². The minimum Gasteiger partial charge on any atom is -0.493 e. The van der Waals surface area contributed by atoms with E-state index in [1.165, 1.54) is 24.8 Å². The number of nitrogens with one attached hydrogen (secondary N) is 1. The van der Waals surface area contributed by atoms with E-state index in [4.69, 9.17) is 9.47 Å². The lowest BCUT2D eigenvalue weighted by atomic mass is 9.64. The van der Waals surface area contributed by atoms with E-state index in [2.05, 4.69) is 17.4 Å². The first-order valence-electron chi connectivity index (χ1n) is 9.33. The molecule has 0 heterocycles. The average Bonchev–Trinajstić information content (AvgIpc) is 2.67. The van der Waals surface area contributed by atoms with Crippen molar-refractivity contribution >= 4 is 11.6 Å². The van der Waals surface area contributed by atoms with Gasteiger partial charge in [-0.25, -0.2) is 0 Å². The van der Waals surface area contributed by atoms with Crippen LogP contribution in [0.2, 0.25) is 0 Å². The van der Waals surface area contributed by atoms with E-state index in [9.17, 15) is 14.9 Å². The van der Waals surface area contributed by atoms with Crippen LogP contribution in [0.4, 0.5) is 5.69 Å². The molecule has 1 aliphatic carbocycles. The number of benzene rings is 2. The molecule has 28 heavy (non-hydrogen) atoms. The first-order chi connectivity index (χ1) is 13.5. The maximum atomic E-state index is 12.8. The minimum absolute atomic E-state index is 0.0344. The van der Waals surface area contributed by atoms with Gasteiger partial charge < -0.3 is 14.8 Å². The van der Waals surface area contributed by atoms with Crippen molar-refractivity contribution in [3.05, 3.63) is 63.7 Å². The average molecular weight is 384 g/mol. The lowest BCUT2D eigenvalue weighted by Gasteiger charge is -2.42. The largest absolute Gasteiger partial charge is 0.493 e. The monoisotopic (exact) mass is 384 g/mol. The van der Waals surface area contributed by atoms with E-state index in [1.54, 1.807) is 6.92 Å². The van der Waals surface area contributed by atoms with Crippen LogP contribution in [0.5, 0.6) is 11.5 Å². The summed E-state index contributed by atoms with van der Waals surface area (Å²) in [5.74, 6) is 0.0438. The smallest absolute Gasteiger partial charge is 0.286 e. The Kier molecular flexibility index (Phi) is 5.82. The summed E-state index contributed by atoms with van der Waals surface area (Å²) in [6.45, 7) is 2.54. The lowest BCUT2D eigenvalue weighted by molar-refractivity contribution is -0.385. The summed E-state index contributed by atoms with van der Waals surface area (Å²) in [5.41, 5.74) is 0.735. The molecular weight excluding hydrogens is 360 g/mol. The van der Waals surface area contributed by atoms with E-state index >= 15 is 0 Å². The number of hydrogen-bond donors (Lipinski definition) is 1. The summed E-state index contributed by atoms with van der Waals surface area (Å²) in [6.07, 6.45) is 3.06. The van der Waals surface area contributed by atoms with Gasteiger partial charge in [0.15, 0.2) is 11.5 Å². The number of hydrogen-bond acceptors (Lipinski definition) is 5. The number of methoxy groups -OCH3 is 1. The molecule has 0 radical (unpaired) electrons. The van der Waals surface area contributed by atoms with Gasteiger partial charge in [0.1, 0.15) is 5.56 Å². The van der Waals surface area contributed by atoms with Gasteiger partial charge in [-0.1, -0.05) is 36.8 Å². The van der Waals surface area contributed by atoms with Crippen LogP contribution in [-0.2, 0) is 5.41 Å². The number of rotatable bonds is 8. The van der Waals surface area contributed by atoms with Crippen LogP contribution in [0.3, 0.4) is 0 Å². The number of nitro benzene ring substituents is 1. The molecule has 1 amide bonds. The molecule has 148 valence electrons. The van der Waals surface area contributed by atoms with Crippen LogP contribution in [0.25, 0.3) is 0 Å². The summed E-state index contributed by atoms with van der Waals surface area (Å²) in [4.78, 5) is 23.7. The van der Waals surface area contributed by atoms with E-state index in [1.807, 2.05) is 18.2 Å². The van der Waals surface area contributed by atoms with Gasteiger partial charge >= 0.3 is 0 Å². The Hall–Kier alpha value is -3.09. The number of nitro groups is 1. The van der Waals surface area contributed by atoms with Crippen molar-refractivity contribution < 1.29 is 19.2 Å². The molecule has 1 saturated carbocycles. The Morgan fingerprint density at radius 2 is 1.93 bits per heavy atom. The maximum Gasteiger partial charge on any atom is 0.286 e. The number of carbonyl (C=O) groups is 1. The molecule has 0 unspecified atom stereocenters. The predicted molar refractivity (Wildman–Crippen MR) is 105 cm³/mol. The van der Waals surface area contributed by atoms with Crippen LogP contribution in [0.15, 0.2) is 42.5 Å². The molecule has 0 bridgehead atoms. The molecule has 3 rings (SSSR count). The van der Waals surface area contributed by atoms with Crippen molar-refractivity contribution in [2.24, 2.45) is 0 Å². The van der Waals surface area contributed by atoms with E-state index in [0.29, 0.717) is 18.9 Å². The summed E-state index contributed by atoms with van der Waals surface area (Å²) in [6, 6.07) is 12.7. The molecule has 0 aliphatic heterocycles. The molecule has 0 aromatic heterocycles. The fraction of sp³-hybridized carbons (Fsp3) is 0.381. The molecule has 1 aliphatic rings. The Morgan fingerprint density at radius 3 is 2.46 bits per heavy atom. The minimum atomic E-state index is -0.576. The second kappa shape index (κ2) is 8.29. The highest BCUT2D eigenvalue weighted by molar-refractivity contribution is 5.99. The SMILES string of the molecule is CCOc1cc([N+](=O)[O-])c(C(=O)NCC2(c3ccccc3)CCC2)cc1OC. The van der Waals surface area contributed by atoms with Crippen molar-refractivity contribution in [3.63, 3.8) is 0 Å². The number of amides is 1. The lowest BCUT2D eigenvalue weighted by Crippen LogP contribution is -2.45. The predicted octanol–water partition coefficient (Wildman–Crippen LogP) is 3.85. The Bertz CT molecular complexity index is 863. The third kappa shape index (κ3) is 3.78. The van der Waals surface area contributed by atoms with E-state index in [0.717, 1.165) is 19.3 Å². The number of ether oxygens (including phenoxy) is 2. The van der Waals surface area contributed by atoms with Crippen molar-refractivity contribution in [2.75, 3.05) is 20.3 Å². The van der Waals surface area contributed by atoms with Crippen molar-refractivity contribution in [3.8, 4) is 11.5 Å². The molecule has 1 fully saturated rings. The highest BCUT2D eigenvalue weighted by atomic mass is 16.6. The van der Waals surface area contributed by atoms with Crippen LogP contribution < -0.4 is 14.8 Å². The van der Waals surface area contributed by atoms with Gasteiger partial charge in [-0.2, -0.15) is 0 Å². The zero-order chi connectivity index (χ0) is 20.1. The summed E-state index contributed by atoms with van der Waals surface area (Å²) < 4.78 is 10.6. The molecule has 7 heteroatoms. The first-order valence-corrected chi connectivity index (χ1v) is 9.33. The standard InChI is InChI=1S/C21H24N2O5/c1-3-28-19-13-17(23(25)26)16(12-18(19)27-2)20(24)22-14-21(10-7-11-21)15-8-5-4-6-9-15/h4-6,8-9,12-13H,3,7,10-11,14H2,1-2H3,(H,22,24). The summed E-state index contributed by atoms with van der Waals surface area (Å²) in [5, 5.41) is 14.4. The molecule has 0 saturated heterocycles. The summed E-state index contributed by atoms with van der Waals surface area (Å²) in [7, 11) is 1.43. The molecule has 0 spiro atoms. The quantitative estimate of drug-likeness (QED) is 0.551. The Morgan fingerprint density at radius 1 is 1.21 bits per heavy atom. The van der Waals surface area contributed by atoms with Crippen LogP contribution in [0, 0.1) is 10.1 Å². The normalized spacial score (nSPS) is 14.6.